The first kappa shape index (κ1) is 6.76. The molecule has 0 saturated carbocycles. The van der Waals surface area contributed by atoms with Gasteiger partial charge in [-0.15, -0.1) is 0 Å². The van der Waals surface area contributed by atoms with Gasteiger partial charge in [0.15, 0.2) is 0 Å². The third-order valence-electron chi connectivity index (χ3n) is 1.07. The van der Waals surface area contributed by atoms with Crippen molar-refractivity contribution in [3.05, 3.63) is 34.2 Å². The summed E-state index contributed by atoms with van der Waals surface area (Å²) in [5, 5.41) is 10.1. The molecule has 54 valence electrons. The van der Waals surface area contributed by atoms with Crippen molar-refractivity contribution in [3.8, 4) is 0 Å². The second kappa shape index (κ2) is 2.49. The Kier molecular flexibility index (Phi) is 1.68. The summed E-state index contributed by atoms with van der Waals surface area (Å²) in [5.74, 6) is 0. The molecule has 10 heavy (non-hydrogen) atoms. The van der Waals surface area contributed by atoms with Gasteiger partial charge in [-0.1, -0.05) is 0 Å². The summed E-state index contributed by atoms with van der Waals surface area (Å²) >= 11 is 0. The lowest BCUT2D eigenvalue weighted by molar-refractivity contribution is -0.436. The van der Waals surface area contributed by atoms with Crippen molar-refractivity contribution in [2.45, 2.75) is 6.23 Å². The van der Waals surface area contributed by atoms with Crippen molar-refractivity contribution in [2.75, 3.05) is 0 Å². The third kappa shape index (κ3) is 1.14. The van der Waals surface area contributed by atoms with E-state index in [4.69, 9.17) is 5.73 Å². The van der Waals surface area contributed by atoms with Crippen LogP contribution in [0.3, 0.4) is 0 Å². The molecule has 5 heteroatoms. The molecule has 1 atom stereocenters. The van der Waals surface area contributed by atoms with Crippen LogP contribution < -0.4 is 5.73 Å². The van der Waals surface area contributed by atoms with Gasteiger partial charge < -0.3 is 4.74 Å². The Labute approximate surface area is 56.9 Å². The summed E-state index contributed by atoms with van der Waals surface area (Å²) in [6.07, 6.45) is 3.13. The fraction of sp³-hybridized carbons (Fsp3) is 0.200. The van der Waals surface area contributed by atoms with E-state index in [2.05, 4.69) is 4.74 Å². The van der Waals surface area contributed by atoms with Gasteiger partial charge in [0.1, 0.15) is 0 Å². The minimum absolute atomic E-state index is 0.123. The molecule has 0 bridgehead atoms. The highest BCUT2D eigenvalue weighted by molar-refractivity contribution is 5.11. The summed E-state index contributed by atoms with van der Waals surface area (Å²) in [5.41, 5.74) is 5.07. The van der Waals surface area contributed by atoms with Crippen molar-refractivity contribution < 1.29 is 9.66 Å². The van der Waals surface area contributed by atoms with Gasteiger partial charge in [0.05, 0.1) is 11.2 Å². The molecule has 0 aliphatic carbocycles. The third-order valence-corrected chi connectivity index (χ3v) is 1.07. The van der Waals surface area contributed by atoms with Gasteiger partial charge in [0.25, 0.3) is 0 Å². The lowest BCUT2D eigenvalue weighted by Gasteiger charge is -2.10. The first-order valence-electron chi connectivity index (χ1n) is 2.64. The fourth-order valence-corrected chi connectivity index (χ4v) is 0.597. The molecule has 0 aromatic rings. The average molecular weight is 142 g/mol. The highest BCUT2D eigenvalue weighted by atomic mass is 16.6. The van der Waals surface area contributed by atoms with Crippen LogP contribution in [0.15, 0.2) is 24.1 Å². The largest absolute Gasteiger partial charge is 0.472 e. The molecule has 0 saturated heterocycles. The molecule has 1 unspecified atom stereocenters. The molecule has 1 aliphatic heterocycles. The van der Waals surface area contributed by atoms with Crippen LogP contribution in [0.4, 0.5) is 0 Å². The zero-order valence-corrected chi connectivity index (χ0v) is 5.06. The number of rotatable bonds is 1. The molecule has 0 amide bonds. The van der Waals surface area contributed by atoms with Gasteiger partial charge in [0.2, 0.25) is 6.23 Å². The lowest BCUT2D eigenvalue weighted by Crippen LogP contribution is -2.29. The van der Waals surface area contributed by atoms with Crippen molar-refractivity contribution in [3.63, 3.8) is 0 Å². The molecule has 0 aromatic carbocycles. The smallest absolute Gasteiger partial charge is 0.301 e. The highest BCUT2D eigenvalue weighted by Crippen LogP contribution is 2.07. The number of hydrogen-bond donors (Lipinski definition) is 1. The topological polar surface area (TPSA) is 78.4 Å². The van der Waals surface area contributed by atoms with E-state index < -0.39 is 11.2 Å². The normalized spacial score (nSPS) is 23.3. The Morgan fingerprint density at radius 1 is 1.80 bits per heavy atom. The molecule has 5 nitrogen and oxygen atoms in total. The maximum atomic E-state index is 10.1. The molecule has 2 N–H and O–H groups in total. The van der Waals surface area contributed by atoms with Gasteiger partial charge in [-0.2, -0.15) is 0 Å². The van der Waals surface area contributed by atoms with E-state index in [0.29, 0.717) is 0 Å². The van der Waals surface area contributed by atoms with Crippen LogP contribution in [0, 0.1) is 10.1 Å². The van der Waals surface area contributed by atoms with Gasteiger partial charge in [0, 0.05) is 6.08 Å². The zero-order valence-electron chi connectivity index (χ0n) is 5.06. The minimum atomic E-state index is -0.931. The standard InChI is InChI=1S/C5H6N2O3/c6-5-4(7(8)9)2-1-3-10-5/h1-3,5H,6H2. The average Bonchev–Trinajstić information content (AvgIpc) is 1.88. The van der Waals surface area contributed by atoms with Crippen LogP contribution in [0.5, 0.6) is 0 Å². The number of hydrogen-bond acceptors (Lipinski definition) is 4. The van der Waals surface area contributed by atoms with Gasteiger partial charge in [-0.25, -0.2) is 0 Å². The van der Waals surface area contributed by atoms with Crippen molar-refractivity contribution in [1.29, 1.82) is 0 Å². The van der Waals surface area contributed by atoms with Crippen LogP contribution >= 0.6 is 0 Å². The molecule has 0 aromatic heterocycles. The molecule has 0 fully saturated rings. The summed E-state index contributed by atoms with van der Waals surface area (Å²) < 4.78 is 4.64. The first-order chi connectivity index (χ1) is 4.72. The van der Waals surface area contributed by atoms with Crippen LogP contribution in [0.2, 0.25) is 0 Å². The molecular formula is C5H6N2O3. The predicted octanol–water partition coefficient (Wildman–Crippen LogP) is -0.0243. The van der Waals surface area contributed by atoms with Gasteiger partial charge in [-0.05, 0) is 6.08 Å². The van der Waals surface area contributed by atoms with Crippen LogP contribution in [0.25, 0.3) is 0 Å². The summed E-state index contributed by atoms with van der Waals surface area (Å²) in [6.45, 7) is 0. The Morgan fingerprint density at radius 3 is 2.90 bits per heavy atom. The second-order valence-electron chi connectivity index (χ2n) is 1.73. The summed E-state index contributed by atoms with van der Waals surface area (Å²) in [6, 6.07) is 0. The Hall–Kier alpha value is -1.36. The predicted molar refractivity (Wildman–Crippen MR) is 33.3 cm³/mol. The summed E-state index contributed by atoms with van der Waals surface area (Å²) in [7, 11) is 0. The van der Waals surface area contributed by atoms with Gasteiger partial charge in [-0.3, -0.25) is 15.8 Å². The Morgan fingerprint density at radius 2 is 2.50 bits per heavy atom. The molecule has 1 rings (SSSR count). The lowest BCUT2D eigenvalue weighted by atomic mass is 10.3. The van der Waals surface area contributed by atoms with E-state index in [1.54, 1.807) is 0 Å². The van der Waals surface area contributed by atoms with Crippen molar-refractivity contribution in [1.82, 2.24) is 0 Å². The molecule has 1 aliphatic rings. The second-order valence-corrected chi connectivity index (χ2v) is 1.73. The highest BCUT2D eigenvalue weighted by Gasteiger charge is 2.22. The molecule has 0 radical (unpaired) electrons. The van der Waals surface area contributed by atoms with E-state index in [0.717, 1.165) is 0 Å². The van der Waals surface area contributed by atoms with Crippen molar-refractivity contribution >= 4 is 0 Å². The molecule has 1 heterocycles. The SMILES string of the molecule is NC1OC=CC=C1[N+](=O)[O-]. The first-order valence-corrected chi connectivity index (χ1v) is 2.64. The van der Waals surface area contributed by atoms with E-state index in [1.807, 2.05) is 0 Å². The zero-order chi connectivity index (χ0) is 7.56. The van der Waals surface area contributed by atoms with Gasteiger partial charge >= 0.3 is 5.70 Å². The number of ether oxygens (including phenoxy) is 1. The maximum Gasteiger partial charge on any atom is 0.301 e. The molecular weight excluding hydrogens is 136 g/mol. The Bertz CT molecular complexity index is 209. The monoisotopic (exact) mass is 142 g/mol. The van der Waals surface area contributed by atoms with E-state index in [1.165, 1.54) is 18.4 Å². The van der Waals surface area contributed by atoms with E-state index in [-0.39, 0.29) is 5.70 Å². The Balaban J connectivity index is 2.80. The number of nitrogens with zero attached hydrogens (tertiary/aromatic N) is 1. The van der Waals surface area contributed by atoms with E-state index in [9.17, 15) is 10.1 Å². The van der Waals surface area contributed by atoms with E-state index >= 15 is 0 Å². The van der Waals surface area contributed by atoms with Crippen LogP contribution in [-0.2, 0) is 4.74 Å². The van der Waals surface area contributed by atoms with Crippen LogP contribution in [-0.4, -0.2) is 11.2 Å². The van der Waals surface area contributed by atoms with Crippen LogP contribution in [0.1, 0.15) is 0 Å². The minimum Gasteiger partial charge on any atom is -0.472 e. The van der Waals surface area contributed by atoms with Crippen molar-refractivity contribution in [2.24, 2.45) is 5.73 Å². The summed E-state index contributed by atoms with van der Waals surface area (Å²) in [4.78, 5) is 9.55. The number of nitrogens with two attached hydrogens (primary N) is 1. The number of allylic oxidation sites excluding steroid dienone is 2. The number of nitro groups is 1. The fourth-order valence-electron chi connectivity index (χ4n) is 0.597. The molecule has 0 spiro atoms. The maximum absolute atomic E-state index is 10.1. The quantitative estimate of drug-likeness (QED) is 0.412.